The average molecular weight is 836 g/mol. The Labute approximate surface area is 361 Å². The first-order chi connectivity index (χ1) is 30.3. The highest BCUT2D eigenvalue weighted by molar-refractivity contribution is 6.23. The minimum Gasteiger partial charge on any atom is -0.491 e. The van der Waals surface area contributed by atoms with E-state index in [4.69, 9.17) is 18.9 Å². The number of amides is 3. The third-order valence-corrected chi connectivity index (χ3v) is 12.1. The quantitative estimate of drug-likeness (QED) is 0.0689. The molecular formula is C50H49N3O9. The van der Waals surface area contributed by atoms with E-state index >= 15 is 14.4 Å². The van der Waals surface area contributed by atoms with Crippen LogP contribution in [0.4, 0.5) is 10.5 Å². The highest BCUT2D eigenvalue weighted by atomic mass is 16.6. The molecule has 4 aliphatic rings. The average Bonchev–Trinajstić information content (AvgIpc) is 3.76. The molecule has 2 saturated heterocycles. The Morgan fingerprint density at radius 3 is 2.37 bits per heavy atom. The van der Waals surface area contributed by atoms with Crippen molar-refractivity contribution in [2.45, 2.75) is 55.3 Å². The number of fused-ring (bicyclic) bond motifs is 3. The summed E-state index contributed by atoms with van der Waals surface area (Å²) in [6.07, 6.45) is 5.69. The van der Waals surface area contributed by atoms with Gasteiger partial charge in [-0.15, -0.1) is 6.58 Å². The molecule has 0 saturated carbocycles. The fraction of sp³-hybridized carbons (Fsp3) is 0.320. The Morgan fingerprint density at radius 1 is 0.919 bits per heavy atom. The van der Waals surface area contributed by atoms with Gasteiger partial charge in [0.25, 0.3) is 0 Å². The van der Waals surface area contributed by atoms with Crippen LogP contribution >= 0.6 is 0 Å². The third kappa shape index (κ3) is 7.57. The number of carbonyl (C=O) groups is 4. The van der Waals surface area contributed by atoms with Crippen molar-refractivity contribution in [3.05, 3.63) is 155 Å². The molecule has 0 unspecified atom stereocenters. The number of anilines is 1. The number of nitrogens with one attached hydrogen (secondary N) is 1. The van der Waals surface area contributed by atoms with Crippen LogP contribution in [0.15, 0.2) is 127 Å². The smallest absolute Gasteiger partial charge is 0.421 e. The van der Waals surface area contributed by atoms with Gasteiger partial charge in [0.15, 0.2) is 0 Å². The van der Waals surface area contributed by atoms with E-state index in [0.717, 1.165) is 41.7 Å². The molecule has 0 bridgehead atoms. The van der Waals surface area contributed by atoms with Crippen molar-refractivity contribution >= 4 is 29.6 Å². The molecule has 12 heteroatoms. The summed E-state index contributed by atoms with van der Waals surface area (Å²) in [5.74, 6) is 3.31. The van der Waals surface area contributed by atoms with Crippen LogP contribution < -0.4 is 15.0 Å². The van der Waals surface area contributed by atoms with Gasteiger partial charge in [0.05, 0.1) is 36.9 Å². The van der Waals surface area contributed by atoms with Crippen molar-refractivity contribution in [1.29, 1.82) is 0 Å². The molecule has 62 heavy (non-hydrogen) atoms. The number of methoxy groups -OCH3 is 1. The molecule has 0 aromatic heterocycles. The number of cyclic esters (lactones) is 1. The summed E-state index contributed by atoms with van der Waals surface area (Å²) in [7, 11) is 1.47. The predicted molar refractivity (Wildman–Crippen MR) is 231 cm³/mol. The minimum absolute atomic E-state index is 0.0211. The zero-order valence-electron chi connectivity index (χ0n) is 34.5. The molecule has 3 heterocycles. The highest BCUT2D eigenvalue weighted by Gasteiger charge is 2.76. The Morgan fingerprint density at radius 2 is 1.66 bits per heavy atom. The van der Waals surface area contributed by atoms with E-state index in [0.29, 0.717) is 28.0 Å². The zero-order chi connectivity index (χ0) is 43.2. The van der Waals surface area contributed by atoms with E-state index in [-0.39, 0.29) is 38.7 Å². The van der Waals surface area contributed by atoms with Crippen molar-refractivity contribution in [2.24, 2.45) is 5.92 Å². The first kappa shape index (κ1) is 42.2. The SMILES string of the molecule is C=CCNC(=O)[C@H]1[C@@H]2C(=O)O[C@@H](c3ccccc3)[C@@H](c3ccccc3)N2[C@@H](c2ccccc2OCCO)[C@]12C(=O)N(C(=O)OCCOC)c1ccc(C#CC3=CCCCC3)cc12. The molecule has 2 N–H and O–H groups in total. The molecule has 1 spiro atoms. The van der Waals surface area contributed by atoms with E-state index < -0.39 is 59.4 Å². The standard InChI is InChI=1S/C50H49N3O9/c1-3-27-51-46(55)41-43-47(56)62-44(36-19-11-6-12-20-36)42(35-17-9-5-10-18-35)53(43)45(37-21-13-14-22-40(37)60-29-28-54)50(41)38-32-34(24-23-33-15-7-4-8-16-33)25-26-39(38)52(48(50)57)49(58)61-31-30-59-2/h3,5-6,9-15,17-22,25-26,32,41-45,54H,1,4,7-8,16,27-31H2,2H3,(H,51,55)/t41-,42-,43-,44+,45+,50-/m1/s1. The number of imide groups is 1. The van der Waals surface area contributed by atoms with Crippen molar-refractivity contribution in [3.8, 4) is 17.6 Å². The number of aliphatic hydroxyl groups is 1. The van der Waals surface area contributed by atoms with Crippen molar-refractivity contribution in [3.63, 3.8) is 0 Å². The van der Waals surface area contributed by atoms with Gasteiger partial charge in [-0.2, -0.15) is 0 Å². The Bertz CT molecular complexity index is 2430. The molecule has 3 amide bonds. The van der Waals surface area contributed by atoms with E-state index in [1.54, 1.807) is 42.5 Å². The lowest BCUT2D eigenvalue weighted by Crippen LogP contribution is -2.55. The number of aliphatic hydroxyl groups excluding tert-OH is 1. The summed E-state index contributed by atoms with van der Waals surface area (Å²) >= 11 is 0. The molecule has 6 atom stereocenters. The van der Waals surface area contributed by atoms with E-state index in [1.165, 1.54) is 13.2 Å². The number of nitrogens with zero attached hydrogens (tertiary/aromatic N) is 2. The summed E-state index contributed by atoms with van der Waals surface area (Å²) in [5, 5.41) is 12.9. The molecule has 1 aliphatic carbocycles. The Hall–Kier alpha value is -6.52. The fourth-order valence-corrected chi connectivity index (χ4v) is 9.59. The number of hydrogen-bond acceptors (Lipinski definition) is 10. The molecule has 4 aromatic carbocycles. The van der Waals surface area contributed by atoms with Crippen LogP contribution in [0.2, 0.25) is 0 Å². The second kappa shape index (κ2) is 18.6. The number of carbonyl (C=O) groups excluding carboxylic acids is 4. The first-order valence-corrected chi connectivity index (χ1v) is 21.0. The maximum Gasteiger partial charge on any atom is 0.421 e. The van der Waals surface area contributed by atoms with Gasteiger partial charge in [-0.3, -0.25) is 19.3 Å². The monoisotopic (exact) mass is 835 g/mol. The van der Waals surface area contributed by atoms with Crippen LogP contribution in [0.25, 0.3) is 0 Å². The highest BCUT2D eigenvalue weighted by Crippen LogP contribution is 2.66. The number of para-hydroxylation sites is 1. The number of benzene rings is 4. The van der Waals surface area contributed by atoms with E-state index in [2.05, 4.69) is 29.8 Å². The van der Waals surface area contributed by atoms with Crippen LogP contribution in [0.5, 0.6) is 5.75 Å². The van der Waals surface area contributed by atoms with Gasteiger partial charge in [0.1, 0.15) is 36.5 Å². The van der Waals surface area contributed by atoms with Crippen molar-refractivity contribution < 1.29 is 43.2 Å². The van der Waals surface area contributed by atoms with E-state index in [9.17, 15) is 9.90 Å². The molecule has 8 rings (SSSR count). The van der Waals surface area contributed by atoms with Crippen molar-refractivity contribution in [2.75, 3.05) is 45.0 Å². The summed E-state index contributed by atoms with van der Waals surface area (Å²) in [6.45, 7) is 3.36. The maximum absolute atomic E-state index is 16.2. The summed E-state index contributed by atoms with van der Waals surface area (Å²) in [6, 6.07) is 27.8. The zero-order valence-corrected chi connectivity index (χ0v) is 34.5. The molecule has 318 valence electrons. The summed E-state index contributed by atoms with van der Waals surface area (Å²) in [5.41, 5.74) is 1.92. The van der Waals surface area contributed by atoms with Crippen LogP contribution in [0.1, 0.15) is 71.7 Å². The van der Waals surface area contributed by atoms with Crippen molar-refractivity contribution in [1.82, 2.24) is 10.2 Å². The Kier molecular flexibility index (Phi) is 12.7. The van der Waals surface area contributed by atoms with Crippen LogP contribution in [-0.4, -0.2) is 80.0 Å². The van der Waals surface area contributed by atoms with Gasteiger partial charge in [-0.05, 0) is 72.2 Å². The number of hydrogen-bond donors (Lipinski definition) is 2. The molecule has 0 radical (unpaired) electrons. The van der Waals surface area contributed by atoms with Gasteiger partial charge in [0.2, 0.25) is 11.8 Å². The lowest BCUT2D eigenvalue weighted by atomic mass is 9.65. The first-order valence-electron chi connectivity index (χ1n) is 21.0. The largest absolute Gasteiger partial charge is 0.491 e. The van der Waals surface area contributed by atoms with E-state index in [1.807, 2.05) is 65.6 Å². The normalized spacial score (nSPS) is 23.9. The van der Waals surface area contributed by atoms with Crippen LogP contribution in [0, 0.1) is 17.8 Å². The second-order valence-corrected chi connectivity index (χ2v) is 15.6. The lowest BCUT2D eigenvalue weighted by molar-refractivity contribution is -0.178. The van der Waals surface area contributed by atoms with Gasteiger partial charge < -0.3 is 29.4 Å². The van der Waals surface area contributed by atoms with Crippen LogP contribution in [0.3, 0.4) is 0 Å². The summed E-state index contributed by atoms with van der Waals surface area (Å²) in [4.78, 5) is 63.9. The number of morpholine rings is 1. The number of esters is 1. The third-order valence-electron chi connectivity index (χ3n) is 12.1. The number of rotatable bonds is 12. The van der Waals surface area contributed by atoms with Gasteiger partial charge >= 0.3 is 12.1 Å². The Balaban J connectivity index is 1.47. The minimum atomic E-state index is -2.02. The molecular weight excluding hydrogens is 787 g/mol. The molecule has 3 aliphatic heterocycles. The molecule has 4 aromatic rings. The summed E-state index contributed by atoms with van der Waals surface area (Å²) < 4.78 is 23.6. The maximum atomic E-state index is 16.2. The molecule has 2 fully saturated rings. The molecule has 12 nitrogen and oxygen atoms in total. The second-order valence-electron chi connectivity index (χ2n) is 15.6. The van der Waals surface area contributed by atoms with Gasteiger partial charge in [-0.1, -0.05) is 103 Å². The van der Waals surface area contributed by atoms with Crippen LogP contribution in [-0.2, 0) is 34.0 Å². The predicted octanol–water partition coefficient (Wildman–Crippen LogP) is 6.66. The lowest BCUT2D eigenvalue weighted by Gasteiger charge is -2.46. The number of ether oxygens (including phenoxy) is 4. The van der Waals surface area contributed by atoms with Gasteiger partial charge in [-0.25, -0.2) is 9.69 Å². The van der Waals surface area contributed by atoms with Gasteiger partial charge in [0, 0.05) is 24.8 Å². The topological polar surface area (TPSA) is 144 Å². The fourth-order valence-electron chi connectivity index (χ4n) is 9.59. The number of allylic oxidation sites excluding steroid dienone is 2.